The SMILES string of the molecule is NCCC1CCCN(C(=O)NCc2ccccc2)C1. The number of urea groups is 1. The minimum atomic E-state index is 0.0468. The number of amides is 2. The fourth-order valence-corrected chi connectivity index (χ4v) is 2.61. The van der Waals surface area contributed by atoms with E-state index in [2.05, 4.69) is 5.32 Å². The lowest BCUT2D eigenvalue weighted by Gasteiger charge is -2.32. The van der Waals surface area contributed by atoms with Crippen LogP contribution in [-0.2, 0) is 6.54 Å². The standard InChI is InChI=1S/C15H23N3O/c16-9-8-14-7-4-10-18(12-14)15(19)17-11-13-5-2-1-3-6-13/h1-3,5-6,14H,4,7-12,16H2,(H,17,19). The van der Waals surface area contributed by atoms with E-state index in [9.17, 15) is 4.79 Å². The van der Waals surface area contributed by atoms with Crippen LogP contribution in [0.25, 0.3) is 0 Å². The maximum Gasteiger partial charge on any atom is 0.317 e. The topological polar surface area (TPSA) is 58.4 Å². The summed E-state index contributed by atoms with van der Waals surface area (Å²) in [6.45, 7) is 3.02. The first kappa shape index (κ1) is 13.9. The molecule has 1 heterocycles. The number of hydrogen-bond donors (Lipinski definition) is 2. The fourth-order valence-electron chi connectivity index (χ4n) is 2.61. The van der Waals surface area contributed by atoms with Crippen LogP contribution in [0.2, 0.25) is 0 Å². The predicted octanol–water partition coefficient (Wildman–Crippen LogP) is 1.96. The maximum atomic E-state index is 12.1. The maximum absolute atomic E-state index is 12.1. The zero-order valence-corrected chi connectivity index (χ0v) is 11.3. The third kappa shape index (κ3) is 4.24. The Morgan fingerprint density at radius 2 is 2.16 bits per heavy atom. The number of hydrogen-bond acceptors (Lipinski definition) is 2. The summed E-state index contributed by atoms with van der Waals surface area (Å²) >= 11 is 0. The molecule has 3 N–H and O–H groups in total. The summed E-state index contributed by atoms with van der Waals surface area (Å²) < 4.78 is 0. The molecule has 1 aliphatic heterocycles. The molecule has 0 bridgehead atoms. The quantitative estimate of drug-likeness (QED) is 0.870. The molecule has 0 radical (unpaired) electrons. The molecular weight excluding hydrogens is 238 g/mol. The van der Waals surface area contributed by atoms with Gasteiger partial charge >= 0.3 is 6.03 Å². The van der Waals surface area contributed by atoms with Crippen molar-refractivity contribution in [3.05, 3.63) is 35.9 Å². The van der Waals surface area contributed by atoms with E-state index < -0.39 is 0 Å². The number of rotatable bonds is 4. The molecule has 2 amide bonds. The van der Waals surface area contributed by atoms with E-state index in [4.69, 9.17) is 5.73 Å². The van der Waals surface area contributed by atoms with E-state index in [0.717, 1.165) is 31.5 Å². The van der Waals surface area contributed by atoms with Crippen molar-refractivity contribution in [2.45, 2.75) is 25.8 Å². The Bertz CT molecular complexity index is 392. The number of carbonyl (C=O) groups excluding carboxylic acids is 1. The van der Waals surface area contributed by atoms with E-state index in [1.165, 1.54) is 6.42 Å². The first-order valence-electron chi connectivity index (χ1n) is 7.06. The average molecular weight is 261 g/mol. The Balaban J connectivity index is 1.79. The molecule has 19 heavy (non-hydrogen) atoms. The van der Waals surface area contributed by atoms with Gasteiger partial charge < -0.3 is 16.0 Å². The van der Waals surface area contributed by atoms with Crippen LogP contribution in [0.15, 0.2) is 30.3 Å². The minimum absolute atomic E-state index is 0.0468. The predicted molar refractivity (Wildman–Crippen MR) is 76.6 cm³/mol. The highest BCUT2D eigenvalue weighted by atomic mass is 16.2. The second kappa shape index (κ2) is 7.14. The van der Waals surface area contributed by atoms with Crippen molar-refractivity contribution in [3.63, 3.8) is 0 Å². The Labute approximate surface area is 115 Å². The summed E-state index contributed by atoms with van der Waals surface area (Å²) in [4.78, 5) is 14.0. The van der Waals surface area contributed by atoms with E-state index in [1.807, 2.05) is 35.2 Å². The lowest BCUT2D eigenvalue weighted by molar-refractivity contribution is 0.163. The molecule has 1 atom stereocenters. The summed E-state index contributed by atoms with van der Waals surface area (Å²) in [6.07, 6.45) is 3.30. The van der Waals surface area contributed by atoms with Crippen molar-refractivity contribution in [1.29, 1.82) is 0 Å². The van der Waals surface area contributed by atoms with Gasteiger partial charge in [0, 0.05) is 19.6 Å². The van der Waals surface area contributed by atoms with Crippen LogP contribution in [0.5, 0.6) is 0 Å². The van der Waals surface area contributed by atoms with E-state index in [0.29, 0.717) is 19.0 Å². The van der Waals surface area contributed by atoms with Gasteiger partial charge in [0.05, 0.1) is 0 Å². The van der Waals surface area contributed by atoms with E-state index in [-0.39, 0.29) is 6.03 Å². The van der Waals surface area contributed by atoms with Crippen LogP contribution in [0, 0.1) is 5.92 Å². The normalized spacial score (nSPS) is 19.2. The van der Waals surface area contributed by atoms with Gasteiger partial charge in [-0.2, -0.15) is 0 Å². The summed E-state index contributed by atoms with van der Waals surface area (Å²) in [5, 5.41) is 2.99. The number of nitrogens with two attached hydrogens (primary N) is 1. The first-order valence-corrected chi connectivity index (χ1v) is 7.06. The Hall–Kier alpha value is -1.55. The van der Waals surface area contributed by atoms with Crippen LogP contribution in [-0.4, -0.2) is 30.6 Å². The highest BCUT2D eigenvalue weighted by Crippen LogP contribution is 2.18. The molecular formula is C15H23N3O. The Morgan fingerprint density at radius 1 is 1.37 bits per heavy atom. The van der Waals surface area contributed by atoms with Gasteiger partial charge in [0.15, 0.2) is 0 Å². The zero-order chi connectivity index (χ0) is 13.5. The zero-order valence-electron chi connectivity index (χ0n) is 11.3. The van der Waals surface area contributed by atoms with Gasteiger partial charge in [-0.1, -0.05) is 30.3 Å². The number of nitrogens with one attached hydrogen (secondary N) is 1. The molecule has 1 aromatic carbocycles. The van der Waals surface area contributed by atoms with Crippen molar-refractivity contribution in [3.8, 4) is 0 Å². The molecule has 4 nitrogen and oxygen atoms in total. The van der Waals surface area contributed by atoms with Crippen LogP contribution < -0.4 is 11.1 Å². The molecule has 1 aliphatic rings. The molecule has 0 spiro atoms. The molecule has 0 aliphatic carbocycles. The lowest BCUT2D eigenvalue weighted by atomic mass is 9.95. The van der Waals surface area contributed by atoms with Gasteiger partial charge in [0.25, 0.3) is 0 Å². The molecule has 0 aromatic heterocycles. The van der Waals surface area contributed by atoms with Crippen LogP contribution in [0.1, 0.15) is 24.8 Å². The second-order valence-electron chi connectivity index (χ2n) is 5.18. The van der Waals surface area contributed by atoms with Crippen molar-refractivity contribution in [2.24, 2.45) is 11.7 Å². The molecule has 0 saturated carbocycles. The van der Waals surface area contributed by atoms with Gasteiger partial charge in [-0.3, -0.25) is 0 Å². The lowest BCUT2D eigenvalue weighted by Crippen LogP contribution is -2.45. The van der Waals surface area contributed by atoms with Crippen LogP contribution in [0.3, 0.4) is 0 Å². The highest BCUT2D eigenvalue weighted by Gasteiger charge is 2.22. The van der Waals surface area contributed by atoms with Crippen molar-refractivity contribution < 1.29 is 4.79 Å². The minimum Gasteiger partial charge on any atom is -0.334 e. The van der Waals surface area contributed by atoms with Crippen LogP contribution in [0.4, 0.5) is 4.79 Å². The fraction of sp³-hybridized carbons (Fsp3) is 0.533. The summed E-state index contributed by atoms with van der Waals surface area (Å²) in [5.41, 5.74) is 6.73. The highest BCUT2D eigenvalue weighted by molar-refractivity contribution is 5.74. The summed E-state index contributed by atoms with van der Waals surface area (Å²) in [5.74, 6) is 0.571. The third-order valence-electron chi connectivity index (χ3n) is 3.67. The Kier molecular flexibility index (Phi) is 5.21. The van der Waals surface area contributed by atoms with Crippen molar-refractivity contribution in [2.75, 3.05) is 19.6 Å². The van der Waals surface area contributed by atoms with Crippen LogP contribution >= 0.6 is 0 Å². The number of piperidine rings is 1. The molecule has 1 aromatic rings. The molecule has 104 valence electrons. The molecule has 2 rings (SSSR count). The number of likely N-dealkylation sites (tertiary alicyclic amines) is 1. The average Bonchev–Trinajstić information content (AvgIpc) is 2.46. The number of benzene rings is 1. The molecule has 1 unspecified atom stereocenters. The smallest absolute Gasteiger partial charge is 0.317 e. The largest absolute Gasteiger partial charge is 0.334 e. The van der Waals surface area contributed by atoms with Gasteiger partial charge in [0.2, 0.25) is 0 Å². The second-order valence-corrected chi connectivity index (χ2v) is 5.18. The molecule has 1 fully saturated rings. The third-order valence-corrected chi connectivity index (χ3v) is 3.67. The first-order chi connectivity index (χ1) is 9.29. The molecule has 1 saturated heterocycles. The van der Waals surface area contributed by atoms with Gasteiger partial charge in [-0.15, -0.1) is 0 Å². The summed E-state index contributed by atoms with van der Waals surface area (Å²) in [6, 6.07) is 10.0. The van der Waals surface area contributed by atoms with Crippen molar-refractivity contribution >= 4 is 6.03 Å². The van der Waals surface area contributed by atoms with Crippen molar-refractivity contribution in [1.82, 2.24) is 10.2 Å². The van der Waals surface area contributed by atoms with Gasteiger partial charge in [0.1, 0.15) is 0 Å². The van der Waals surface area contributed by atoms with E-state index >= 15 is 0 Å². The number of nitrogens with zero attached hydrogens (tertiary/aromatic N) is 1. The van der Waals surface area contributed by atoms with E-state index in [1.54, 1.807) is 0 Å². The molecule has 4 heteroatoms. The van der Waals surface area contributed by atoms with Gasteiger partial charge in [-0.05, 0) is 37.3 Å². The van der Waals surface area contributed by atoms with Gasteiger partial charge in [-0.25, -0.2) is 4.79 Å². The number of carbonyl (C=O) groups is 1. The Morgan fingerprint density at radius 3 is 2.89 bits per heavy atom. The summed E-state index contributed by atoms with van der Waals surface area (Å²) in [7, 11) is 0. The monoisotopic (exact) mass is 261 g/mol.